The van der Waals surface area contributed by atoms with Crippen molar-refractivity contribution in [1.82, 2.24) is 4.90 Å². The fourth-order valence-corrected chi connectivity index (χ4v) is 4.91. The molecule has 0 radical (unpaired) electrons. The maximum Gasteiger partial charge on any atom is 0.222 e. The molecule has 1 aliphatic heterocycles. The standard InChI is InChI=1S/C18H31NO2/c20-17-10-4-3-8-15(17)16-9-5-13-19(16)18(21)12-11-14-6-1-2-7-14/h14-17,20H,1-13H2. The van der Waals surface area contributed by atoms with Crippen molar-refractivity contribution in [3.05, 3.63) is 0 Å². The third-order valence-electron chi connectivity index (χ3n) is 6.14. The average molecular weight is 293 g/mol. The predicted molar refractivity (Wildman–Crippen MR) is 83.9 cm³/mol. The van der Waals surface area contributed by atoms with E-state index in [1.54, 1.807) is 0 Å². The molecule has 1 N–H and O–H groups in total. The Bertz CT molecular complexity index is 351. The van der Waals surface area contributed by atoms with Gasteiger partial charge in [-0.15, -0.1) is 0 Å². The van der Waals surface area contributed by atoms with E-state index in [0.29, 0.717) is 17.9 Å². The molecule has 120 valence electrons. The van der Waals surface area contributed by atoms with E-state index < -0.39 is 0 Å². The van der Waals surface area contributed by atoms with E-state index in [-0.39, 0.29) is 6.10 Å². The Balaban J connectivity index is 1.53. The van der Waals surface area contributed by atoms with Crippen LogP contribution in [-0.4, -0.2) is 34.6 Å². The molecule has 1 saturated heterocycles. The minimum atomic E-state index is -0.174. The minimum absolute atomic E-state index is 0.174. The summed E-state index contributed by atoms with van der Waals surface area (Å²) >= 11 is 0. The molecule has 0 aromatic carbocycles. The fraction of sp³-hybridized carbons (Fsp3) is 0.944. The van der Waals surface area contributed by atoms with E-state index in [9.17, 15) is 9.90 Å². The van der Waals surface area contributed by atoms with Gasteiger partial charge in [0.1, 0.15) is 0 Å². The maximum absolute atomic E-state index is 12.6. The zero-order valence-electron chi connectivity index (χ0n) is 13.3. The van der Waals surface area contributed by atoms with Gasteiger partial charge < -0.3 is 10.0 Å². The van der Waals surface area contributed by atoms with Crippen molar-refractivity contribution in [3.8, 4) is 0 Å². The lowest BCUT2D eigenvalue weighted by atomic mass is 9.80. The maximum atomic E-state index is 12.6. The lowest BCUT2D eigenvalue weighted by Gasteiger charge is -2.37. The number of nitrogens with zero attached hydrogens (tertiary/aromatic N) is 1. The van der Waals surface area contributed by atoms with Crippen molar-refractivity contribution < 1.29 is 9.90 Å². The van der Waals surface area contributed by atoms with Crippen LogP contribution < -0.4 is 0 Å². The summed E-state index contributed by atoms with van der Waals surface area (Å²) in [5.74, 6) is 1.51. The number of hydrogen-bond donors (Lipinski definition) is 1. The monoisotopic (exact) mass is 293 g/mol. The highest BCUT2D eigenvalue weighted by atomic mass is 16.3. The number of likely N-dealkylation sites (tertiary alicyclic amines) is 1. The van der Waals surface area contributed by atoms with Crippen molar-refractivity contribution >= 4 is 5.91 Å². The van der Waals surface area contributed by atoms with Crippen LogP contribution >= 0.6 is 0 Å². The Kier molecular flexibility index (Phi) is 5.20. The molecule has 1 amide bonds. The van der Waals surface area contributed by atoms with Gasteiger partial charge in [-0.2, -0.15) is 0 Å². The minimum Gasteiger partial charge on any atom is -0.393 e. The summed E-state index contributed by atoms with van der Waals surface area (Å²) in [6.07, 6.45) is 13.7. The molecule has 0 aromatic heterocycles. The van der Waals surface area contributed by atoms with Crippen molar-refractivity contribution in [2.24, 2.45) is 11.8 Å². The Labute approximate surface area is 129 Å². The zero-order chi connectivity index (χ0) is 14.7. The van der Waals surface area contributed by atoms with Gasteiger partial charge in [0.15, 0.2) is 0 Å². The Morgan fingerprint density at radius 2 is 1.67 bits per heavy atom. The number of carbonyl (C=O) groups is 1. The molecule has 2 aliphatic carbocycles. The topological polar surface area (TPSA) is 40.5 Å². The molecule has 3 heteroatoms. The van der Waals surface area contributed by atoms with Gasteiger partial charge in [-0.25, -0.2) is 0 Å². The van der Waals surface area contributed by atoms with Gasteiger partial charge in [-0.1, -0.05) is 38.5 Å². The first-order chi connectivity index (χ1) is 10.3. The molecule has 3 fully saturated rings. The van der Waals surface area contributed by atoms with Crippen molar-refractivity contribution in [2.75, 3.05) is 6.54 Å². The zero-order valence-corrected chi connectivity index (χ0v) is 13.3. The second kappa shape index (κ2) is 7.13. The van der Waals surface area contributed by atoms with Gasteiger partial charge in [-0.05, 0) is 38.0 Å². The van der Waals surface area contributed by atoms with E-state index in [0.717, 1.165) is 57.4 Å². The fourth-order valence-electron chi connectivity index (χ4n) is 4.91. The van der Waals surface area contributed by atoms with Crippen LogP contribution in [0.15, 0.2) is 0 Å². The summed E-state index contributed by atoms with van der Waals surface area (Å²) in [7, 11) is 0. The molecule has 0 spiro atoms. The third-order valence-corrected chi connectivity index (χ3v) is 6.14. The molecular weight excluding hydrogens is 262 g/mol. The van der Waals surface area contributed by atoms with Gasteiger partial charge in [0.2, 0.25) is 5.91 Å². The highest BCUT2D eigenvalue weighted by molar-refractivity contribution is 5.76. The second-order valence-electron chi connectivity index (χ2n) is 7.50. The summed E-state index contributed by atoms with van der Waals surface area (Å²) in [4.78, 5) is 14.7. The largest absolute Gasteiger partial charge is 0.393 e. The average Bonchev–Trinajstić information content (AvgIpc) is 3.16. The first-order valence-electron chi connectivity index (χ1n) is 9.23. The van der Waals surface area contributed by atoms with Crippen molar-refractivity contribution in [3.63, 3.8) is 0 Å². The summed E-state index contributed by atoms with van der Waals surface area (Å²) in [6, 6.07) is 0.330. The Morgan fingerprint density at radius 1 is 0.952 bits per heavy atom. The summed E-state index contributed by atoms with van der Waals surface area (Å²) < 4.78 is 0. The summed E-state index contributed by atoms with van der Waals surface area (Å²) in [5, 5.41) is 10.3. The number of aliphatic hydroxyl groups is 1. The van der Waals surface area contributed by atoms with Gasteiger partial charge >= 0.3 is 0 Å². The molecule has 0 bridgehead atoms. The van der Waals surface area contributed by atoms with Crippen LogP contribution in [0.5, 0.6) is 0 Å². The molecule has 1 heterocycles. The van der Waals surface area contributed by atoms with Crippen LogP contribution in [0, 0.1) is 11.8 Å². The van der Waals surface area contributed by atoms with Crippen LogP contribution in [0.2, 0.25) is 0 Å². The lowest BCUT2D eigenvalue weighted by Crippen LogP contribution is -2.45. The molecular formula is C18H31NO2. The summed E-state index contributed by atoms with van der Waals surface area (Å²) in [6.45, 7) is 0.928. The van der Waals surface area contributed by atoms with Crippen molar-refractivity contribution in [1.29, 1.82) is 0 Å². The van der Waals surface area contributed by atoms with Gasteiger partial charge in [0.05, 0.1) is 6.10 Å². The molecule has 3 nitrogen and oxygen atoms in total. The Hall–Kier alpha value is -0.570. The van der Waals surface area contributed by atoms with Gasteiger partial charge in [-0.3, -0.25) is 4.79 Å². The van der Waals surface area contributed by atoms with Gasteiger partial charge in [0, 0.05) is 24.9 Å². The number of amides is 1. The second-order valence-corrected chi connectivity index (χ2v) is 7.50. The van der Waals surface area contributed by atoms with Crippen molar-refractivity contribution in [2.45, 2.75) is 89.2 Å². The first kappa shape index (κ1) is 15.3. The number of carbonyl (C=O) groups excluding carboxylic acids is 1. The van der Waals surface area contributed by atoms with Crippen LogP contribution in [0.1, 0.15) is 77.0 Å². The lowest BCUT2D eigenvalue weighted by molar-refractivity contribution is -0.134. The predicted octanol–water partition coefficient (Wildman–Crippen LogP) is 3.50. The summed E-state index contributed by atoms with van der Waals surface area (Å²) in [5.41, 5.74) is 0. The number of rotatable bonds is 4. The third kappa shape index (κ3) is 3.61. The SMILES string of the molecule is O=C(CCC1CCCC1)N1CCCC1C1CCCCC1O. The molecule has 3 rings (SSSR count). The van der Waals surface area contributed by atoms with E-state index in [1.165, 1.54) is 32.1 Å². The first-order valence-corrected chi connectivity index (χ1v) is 9.23. The van der Waals surface area contributed by atoms with E-state index in [2.05, 4.69) is 4.90 Å². The Morgan fingerprint density at radius 3 is 2.43 bits per heavy atom. The highest BCUT2D eigenvalue weighted by Crippen LogP contribution is 2.35. The molecule has 3 aliphatic rings. The molecule has 0 aromatic rings. The molecule has 3 atom stereocenters. The molecule has 2 saturated carbocycles. The van der Waals surface area contributed by atoms with E-state index >= 15 is 0 Å². The van der Waals surface area contributed by atoms with Gasteiger partial charge in [0.25, 0.3) is 0 Å². The number of hydrogen-bond acceptors (Lipinski definition) is 2. The van der Waals surface area contributed by atoms with Crippen LogP contribution in [0.25, 0.3) is 0 Å². The van der Waals surface area contributed by atoms with E-state index in [4.69, 9.17) is 0 Å². The molecule has 3 unspecified atom stereocenters. The van der Waals surface area contributed by atoms with Crippen LogP contribution in [-0.2, 0) is 4.79 Å². The quantitative estimate of drug-likeness (QED) is 0.862. The smallest absolute Gasteiger partial charge is 0.222 e. The normalized spacial score (nSPS) is 34.5. The van der Waals surface area contributed by atoms with Crippen LogP contribution in [0.3, 0.4) is 0 Å². The van der Waals surface area contributed by atoms with E-state index in [1.807, 2.05) is 0 Å². The highest BCUT2D eigenvalue weighted by Gasteiger charge is 2.38. The van der Waals surface area contributed by atoms with Crippen LogP contribution in [0.4, 0.5) is 0 Å². The molecule has 21 heavy (non-hydrogen) atoms. The number of aliphatic hydroxyl groups excluding tert-OH is 1.